The number of rotatable bonds is 6. The molecule has 8 heteroatoms. The van der Waals surface area contributed by atoms with Gasteiger partial charge in [-0.05, 0) is 56.5 Å². The highest BCUT2D eigenvalue weighted by Gasteiger charge is 2.37. The van der Waals surface area contributed by atoms with Crippen molar-refractivity contribution in [3.8, 4) is 16.9 Å². The molecule has 1 aromatic heterocycles. The zero-order valence-electron chi connectivity index (χ0n) is 20.3. The lowest BCUT2D eigenvalue weighted by molar-refractivity contribution is -0.138. The van der Waals surface area contributed by atoms with Crippen molar-refractivity contribution in [2.75, 3.05) is 25.9 Å². The van der Waals surface area contributed by atoms with Gasteiger partial charge in [0, 0.05) is 36.3 Å². The molecule has 35 heavy (non-hydrogen) atoms. The number of methoxy groups -OCH3 is 1. The Morgan fingerprint density at radius 1 is 1.11 bits per heavy atom. The predicted molar refractivity (Wildman–Crippen MR) is 135 cm³/mol. The second-order valence-electron chi connectivity index (χ2n) is 9.29. The van der Waals surface area contributed by atoms with E-state index in [0.717, 1.165) is 35.4 Å². The van der Waals surface area contributed by atoms with E-state index in [2.05, 4.69) is 15.3 Å². The Bertz CT molecular complexity index is 1200. The Morgan fingerprint density at radius 3 is 2.51 bits per heavy atom. The van der Waals surface area contributed by atoms with Gasteiger partial charge in [0.05, 0.1) is 12.8 Å². The van der Waals surface area contributed by atoms with Crippen LogP contribution in [0.2, 0.25) is 0 Å². The first kappa shape index (κ1) is 24.2. The van der Waals surface area contributed by atoms with Crippen molar-refractivity contribution in [3.63, 3.8) is 0 Å². The summed E-state index contributed by atoms with van der Waals surface area (Å²) in [7, 11) is 1.63. The molecule has 1 aliphatic heterocycles. The maximum atomic E-state index is 13.5. The van der Waals surface area contributed by atoms with Gasteiger partial charge < -0.3 is 20.7 Å². The number of anilines is 1. The molecule has 2 aromatic carbocycles. The highest BCUT2D eigenvalue weighted by atomic mass is 16.5. The van der Waals surface area contributed by atoms with Crippen LogP contribution in [0.4, 0.5) is 5.95 Å². The standard InChI is InChI=1S/C27H31N5O3/c1-27(2,31-24(33)19-8-5-4-6-9-19)25(34)32-15-7-10-20(17-32)23-22(16-29-26(28)30-23)18-11-13-21(35-3)14-12-18/h4-6,8-9,11-14,16,20H,7,10,15,17H2,1-3H3,(H,31,33)(H2,28,29,30). The number of carbonyl (C=O) groups is 2. The Morgan fingerprint density at radius 2 is 1.83 bits per heavy atom. The maximum absolute atomic E-state index is 13.5. The van der Waals surface area contributed by atoms with E-state index in [4.69, 9.17) is 10.5 Å². The van der Waals surface area contributed by atoms with Crippen LogP contribution in [-0.4, -0.2) is 52.4 Å². The van der Waals surface area contributed by atoms with Crippen molar-refractivity contribution in [3.05, 3.63) is 72.1 Å². The van der Waals surface area contributed by atoms with Gasteiger partial charge in [-0.2, -0.15) is 0 Å². The third-order valence-corrected chi connectivity index (χ3v) is 6.33. The van der Waals surface area contributed by atoms with Crippen LogP contribution in [0.15, 0.2) is 60.8 Å². The summed E-state index contributed by atoms with van der Waals surface area (Å²) in [6.07, 6.45) is 3.44. The van der Waals surface area contributed by atoms with E-state index in [1.807, 2.05) is 35.2 Å². The summed E-state index contributed by atoms with van der Waals surface area (Å²) in [5.74, 6) is 0.565. The zero-order chi connectivity index (χ0) is 25.0. The predicted octanol–water partition coefficient (Wildman–Crippen LogP) is 3.65. The molecule has 4 rings (SSSR count). The molecule has 0 bridgehead atoms. The van der Waals surface area contributed by atoms with Crippen LogP contribution < -0.4 is 15.8 Å². The van der Waals surface area contributed by atoms with E-state index in [1.165, 1.54) is 0 Å². The summed E-state index contributed by atoms with van der Waals surface area (Å²) in [5, 5.41) is 2.89. The van der Waals surface area contributed by atoms with Gasteiger partial charge in [0.25, 0.3) is 5.91 Å². The van der Waals surface area contributed by atoms with E-state index >= 15 is 0 Å². The normalized spacial score (nSPS) is 16.0. The minimum atomic E-state index is -1.06. The fourth-order valence-corrected chi connectivity index (χ4v) is 4.49. The van der Waals surface area contributed by atoms with E-state index in [1.54, 1.807) is 51.4 Å². The average Bonchev–Trinajstić information content (AvgIpc) is 2.88. The number of nitrogens with one attached hydrogen (secondary N) is 1. The van der Waals surface area contributed by atoms with Crippen molar-refractivity contribution in [1.82, 2.24) is 20.2 Å². The average molecular weight is 474 g/mol. The molecule has 3 N–H and O–H groups in total. The molecule has 0 spiro atoms. The Hall–Kier alpha value is -3.94. The van der Waals surface area contributed by atoms with Gasteiger partial charge in [0.15, 0.2) is 0 Å². The van der Waals surface area contributed by atoms with Crippen molar-refractivity contribution < 1.29 is 14.3 Å². The smallest absolute Gasteiger partial charge is 0.252 e. The fraction of sp³-hybridized carbons (Fsp3) is 0.333. The second kappa shape index (κ2) is 10.1. The highest BCUT2D eigenvalue weighted by Crippen LogP contribution is 2.34. The topological polar surface area (TPSA) is 110 Å². The molecule has 8 nitrogen and oxygen atoms in total. The molecule has 1 unspecified atom stereocenters. The highest BCUT2D eigenvalue weighted by molar-refractivity contribution is 5.99. The van der Waals surface area contributed by atoms with Crippen LogP contribution in [0.25, 0.3) is 11.1 Å². The summed E-state index contributed by atoms with van der Waals surface area (Å²) in [6, 6.07) is 16.6. The van der Waals surface area contributed by atoms with Crippen LogP contribution in [0.5, 0.6) is 5.75 Å². The quantitative estimate of drug-likeness (QED) is 0.565. The van der Waals surface area contributed by atoms with E-state index in [9.17, 15) is 9.59 Å². The first-order valence-corrected chi connectivity index (χ1v) is 11.7. The van der Waals surface area contributed by atoms with Crippen LogP contribution in [0.1, 0.15) is 48.7 Å². The lowest BCUT2D eigenvalue weighted by Crippen LogP contribution is -2.57. The number of carbonyl (C=O) groups excluding carboxylic acids is 2. The summed E-state index contributed by atoms with van der Waals surface area (Å²) < 4.78 is 5.27. The summed E-state index contributed by atoms with van der Waals surface area (Å²) in [5.41, 5.74) is 8.09. The first-order valence-electron chi connectivity index (χ1n) is 11.7. The third kappa shape index (κ3) is 5.42. The van der Waals surface area contributed by atoms with Gasteiger partial charge in [0.1, 0.15) is 11.3 Å². The zero-order valence-corrected chi connectivity index (χ0v) is 20.3. The number of likely N-dealkylation sites (tertiary alicyclic amines) is 1. The Labute approximate surface area is 205 Å². The molecule has 1 fully saturated rings. The van der Waals surface area contributed by atoms with Gasteiger partial charge in [-0.15, -0.1) is 0 Å². The number of aromatic nitrogens is 2. The van der Waals surface area contributed by atoms with Crippen molar-refractivity contribution >= 4 is 17.8 Å². The lowest BCUT2D eigenvalue weighted by Gasteiger charge is -2.38. The van der Waals surface area contributed by atoms with E-state index in [-0.39, 0.29) is 23.7 Å². The molecule has 2 amide bonds. The molecule has 1 aliphatic rings. The minimum Gasteiger partial charge on any atom is -0.497 e. The Kier molecular flexibility index (Phi) is 7.00. The molecule has 1 saturated heterocycles. The molecule has 0 aliphatic carbocycles. The molecule has 0 saturated carbocycles. The number of ether oxygens (including phenoxy) is 1. The minimum absolute atomic E-state index is 0.00396. The van der Waals surface area contributed by atoms with Gasteiger partial charge in [-0.1, -0.05) is 30.3 Å². The van der Waals surface area contributed by atoms with Crippen molar-refractivity contribution in [2.45, 2.75) is 38.1 Å². The fourth-order valence-electron chi connectivity index (χ4n) is 4.49. The van der Waals surface area contributed by atoms with E-state index < -0.39 is 5.54 Å². The first-order chi connectivity index (χ1) is 16.8. The van der Waals surface area contributed by atoms with Crippen LogP contribution in [0.3, 0.4) is 0 Å². The third-order valence-electron chi connectivity index (χ3n) is 6.33. The molecule has 0 radical (unpaired) electrons. The molecule has 3 aromatic rings. The number of hydrogen-bond acceptors (Lipinski definition) is 6. The molecule has 1 atom stereocenters. The van der Waals surface area contributed by atoms with Crippen LogP contribution in [-0.2, 0) is 4.79 Å². The molecular formula is C27H31N5O3. The number of nitrogen functional groups attached to an aromatic ring is 1. The van der Waals surface area contributed by atoms with E-state index in [0.29, 0.717) is 18.7 Å². The summed E-state index contributed by atoms with van der Waals surface area (Å²) in [6.45, 7) is 4.60. The second-order valence-corrected chi connectivity index (χ2v) is 9.29. The van der Waals surface area contributed by atoms with Crippen LogP contribution in [0, 0.1) is 0 Å². The molecular weight excluding hydrogens is 442 g/mol. The van der Waals surface area contributed by atoms with Crippen molar-refractivity contribution in [2.24, 2.45) is 0 Å². The largest absolute Gasteiger partial charge is 0.497 e. The monoisotopic (exact) mass is 473 g/mol. The number of nitrogens with zero attached hydrogens (tertiary/aromatic N) is 3. The Balaban J connectivity index is 1.54. The van der Waals surface area contributed by atoms with Gasteiger partial charge in [-0.25, -0.2) is 9.97 Å². The number of benzene rings is 2. The van der Waals surface area contributed by atoms with Gasteiger partial charge >= 0.3 is 0 Å². The van der Waals surface area contributed by atoms with Crippen molar-refractivity contribution in [1.29, 1.82) is 0 Å². The van der Waals surface area contributed by atoms with Crippen LogP contribution >= 0.6 is 0 Å². The molecule has 2 heterocycles. The number of hydrogen-bond donors (Lipinski definition) is 2. The van der Waals surface area contributed by atoms with Gasteiger partial charge in [0.2, 0.25) is 11.9 Å². The number of nitrogens with two attached hydrogens (primary N) is 1. The lowest BCUT2D eigenvalue weighted by atomic mass is 9.89. The van der Waals surface area contributed by atoms with Gasteiger partial charge in [-0.3, -0.25) is 9.59 Å². The molecule has 182 valence electrons. The SMILES string of the molecule is COc1ccc(-c2cnc(N)nc2C2CCCN(C(=O)C(C)(C)NC(=O)c3ccccc3)C2)cc1. The number of amides is 2. The maximum Gasteiger partial charge on any atom is 0.252 e. The number of piperidine rings is 1. The summed E-state index contributed by atoms with van der Waals surface area (Å²) >= 11 is 0. The summed E-state index contributed by atoms with van der Waals surface area (Å²) in [4.78, 5) is 36.8.